The molecule has 0 spiro atoms. The molecule has 0 bridgehead atoms. The van der Waals surface area contributed by atoms with Crippen molar-refractivity contribution in [2.24, 2.45) is 0 Å². The Hall–Kier alpha value is -3.13. The second-order valence-electron chi connectivity index (χ2n) is 5.69. The molecule has 29 heavy (non-hydrogen) atoms. The third kappa shape index (κ3) is 7.08. The van der Waals surface area contributed by atoms with Crippen LogP contribution in [0.2, 0.25) is 5.02 Å². The molecule has 0 aliphatic carbocycles. The highest BCUT2D eigenvalue weighted by atomic mass is 35.5. The van der Waals surface area contributed by atoms with Gasteiger partial charge in [-0.05, 0) is 48.9 Å². The fourth-order valence-electron chi connectivity index (χ4n) is 2.20. The van der Waals surface area contributed by atoms with Crippen molar-refractivity contribution in [1.29, 1.82) is 0 Å². The second kappa shape index (κ2) is 10.4. The van der Waals surface area contributed by atoms with E-state index in [-0.39, 0.29) is 5.75 Å². The maximum Gasteiger partial charge on any atom is 0.387 e. The number of amides is 1. The van der Waals surface area contributed by atoms with Gasteiger partial charge in [0.1, 0.15) is 11.5 Å². The van der Waals surface area contributed by atoms with Crippen molar-refractivity contribution in [3.63, 3.8) is 0 Å². The maximum absolute atomic E-state index is 12.2. The van der Waals surface area contributed by atoms with Crippen molar-refractivity contribution in [3.8, 4) is 11.5 Å². The van der Waals surface area contributed by atoms with Crippen molar-refractivity contribution >= 4 is 35.2 Å². The van der Waals surface area contributed by atoms with E-state index in [4.69, 9.17) is 21.1 Å². The fourth-order valence-corrected chi connectivity index (χ4v) is 2.38. The molecule has 1 atom stereocenters. The average Bonchev–Trinajstić information content (AvgIpc) is 2.67. The second-order valence-corrected chi connectivity index (χ2v) is 6.13. The number of alkyl halides is 2. The number of nitrogens with one attached hydrogen (secondary N) is 1. The van der Waals surface area contributed by atoms with Crippen LogP contribution in [0.25, 0.3) is 6.08 Å². The highest BCUT2D eigenvalue weighted by Gasteiger charge is 2.18. The molecule has 1 unspecified atom stereocenters. The van der Waals surface area contributed by atoms with E-state index >= 15 is 0 Å². The first kappa shape index (κ1) is 22.2. The van der Waals surface area contributed by atoms with Crippen LogP contribution >= 0.6 is 11.6 Å². The normalized spacial score (nSPS) is 11.9. The smallest absolute Gasteiger partial charge is 0.387 e. The minimum atomic E-state index is -2.91. The molecule has 9 heteroatoms. The van der Waals surface area contributed by atoms with E-state index in [0.29, 0.717) is 22.0 Å². The first-order valence-electron chi connectivity index (χ1n) is 8.36. The minimum Gasteiger partial charge on any atom is -0.495 e. The molecule has 0 heterocycles. The summed E-state index contributed by atoms with van der Waals surface area (Å²) in [5.74, 6) is -0.915. The summed E-state index contributed by atoms with van der Waals surface area (Å²) in [6.07, 6.45) is 1.45. The van der Waals surface area contributed by atoms with Crippen molar-refractivity contribution in [3.05, 3.63) is 59.1 Å². The van der Waals surface area contributed by atoms with Crippen LogP contribution in [0.3, 0.4) is 0 Å². The monoisotopic (exact) mass is 425 g/mol. The maximum atomic E-state index is 12.2. The number of hydrogen-bond acceptors (Lipinski definition) is 5. The molecule has 0 aliphatic rings. The Morgan fingerprint density at radius 3 is 2.45 bits per heavy atom. The van der Waals surface area contributed by atoms with Crippen molar-refractivity contribution < 1.29 is 32.6 Å². The van der Waals surface area contributed by atoms with Crippen LogP contribution in [0.15, 0.2) is 48.5 Å². The molecule has 1 amide bonds. The zero-order chi connectivity index (χ0) is 21.4. The van der Waals surface area contributed by atoms with Crippen LogP contribution in [0.5, 0.6) is 11.5 Å². The van der Waals surface area contributed by atoms with Crippen LogP contribution in [0, 0.1) is 0 Å². The number of rotatable bonds is 8. The fraction of sp³-hybridized carbons (Fsp3) is 0.200. The minimum absolute atomic E-state index is 0.00135. The Kier molecular flexibility index (Phi) is 7.97. The van der Waals surface area contributed by atoms with Crippen LogP contribution in [-0.2, 0) is 14.3 Å². The average molecular weight is 426 g/mol. The molecule has 1 N–H and O–H groups in total. The number of carbonyl (C=O) groups excluding carboxylic acids is 2. The quantitative estimate of drug-likeness (QED) is 0.496. The van der Waals surface area contributed by atoms with Gasteiger partial charge in [0.2, 0.25) is 0 Å². The van der Waals surface area contributed by atoms with Crippen molar-refractivity contribution in [2.45, 2.75) is 19.6 Å². The zero-order valence-corrected chi connectivity index (χ0v) is 16.3. The Morgan fingerprint density at radius 1 is 1.14 bits per heavy atom. The van der Waals surface area contributed by atoms with Crippen LogP contribution in [0.4, 0.5) is 14.5 Å². The summed E-state index contributed by atoms with van der Waals surface area (Å²) in [4.78, 5) is 24.2. The standard InChI is InChI=1S/C20H18ClF2NO5/c1-12(19(26)24-16-11-14(21)6-9-17(16)27-2)28-18(25)10-5-13-3-7-15(8-4-13)29-20(22)23/h3-12,20H,1-2H3,(H,24,26)/b10-5+. The van der Waals surface area contributed by atoms with Crippen LogP contribution in [-0.4, -0.2) is 31.7 Å². The zero-order valence-electron chi connectivity index (χ0n) is 15.5. The van der Waals surface area contributed by atoms with E-state index in [1.165, 1.54) is 50.4 Å². The van der Waals surface area contributed by atoms with Crippen molar-refractivity contribution in [2.75, 3.05) is 12.4 Å². The highest BCUT2D eigenvalue weighted by Crippen LogP contribution is 2.27. The summed E-state index contributed by atoms with van der Waals surface area (Å²) in [7, 11) is 1.44. The first-order chi connectivity index (χ1) is 13.8. The molecular weight excluding hydrogens is 408 g/mol. The predicted molar refractivity (Wildman–Crippen MR) is 104 cm³/mol. The molecule has 154 valence electrons. The van der Waals surface area contributed by atoms with Crippen LogP contribution in [0.1, 0.15) is 12.5 Å². The topological polar surface area (TPSA) is 73.9 Å². The SMILES string of the molecule is COc1ccc(Cl)cc1NC(=O)C(C)OC(=O)/C=C/c1ccc(OC(F)F)cc1. The summed E-state index contributed by atoms with van der Waals surface area (Å²) in [5.41, 5.74) is 0.902. The molecule has 0 aromatic heterocycles. The Labute approximate surface area is 171 Å². The highest BCUT2D eigenvalue weighted by molar-refractivity contribution is 6.31. The van der Waals surface area contributed by atoms with Gasteiger partial charge in [-0.1, -0.05) is 23.7 Å². The van der Waals surface area contributed by atoms with Gasteiger partial charge in [-0.2, -0.15) is 8.78 Å². The van der Waals surface area contributed by atoms with Gasteiger partial charge in [0.05, 0.1) is 12.8 Å². The molecule has 0 fully saturated rings. The Morgan fingerprint density at radius 2 is 1.83 bits per heavy atom. The molecule has 0 saturated heterocycles. The van der Waals surface area contributed by atoms with Crippen molar-refractivity contribution in [1.82, 2.24) is 0 Å². The van der Waals surface area contributed by atoms with E-state index in [1.807, 2.05) is 0 Å². The Balaban J connectivity index is 1.92. The first-order valence-corrected chi connectivity index (χ1v) is 8.74. The largest absolute Gasteiger partial charge is 0.495 e. The van der Waals surface area contributed by atoms with E-state index in [2.05, 4.69) is 10.1 Å². The lowest BCUT2D eigenvalue weighted by Crippen LogP contribution is -2.29. The number of esters is 1. The van der Waals surface area contributed by atoms with E-state index < -0.39 is 24.6 Å². The lowest BCUT2D eigenvalue weighted by atomic mass is 10.2. The van der Waals surface area contributed by atoms with Gasteiger partial charge < -0.3 is 19.5 Å². The molecule has 2 aromatic carbocycles. The molecule has 0 aliphatic heterocycles. The number of methoxy groups -OCH3 is 1. The van der Waals surface area contributed by atoms with Gasteiger partial charge in [-0.15, -0.1) is 0 Å². The summed E-state index contributed by atoms with van der Waals surface area (Å²) < 4.78 is 38.7. The van der Waals surface area contributed by atoms with Gasteiger partial charge in [-0.25, -0.2) is 4.79 Å². The number of benzene rings is 2. The molecule has 0 saturated carbocycles. The lowest BCUT2D eigenvalue weighted by molar-refractivity contribution is -0.148. The lowest BCUT2D eigenvalue weighted by Gasteiger charge is -2.14. The van der Waals surface area contributed by atoms with Gasteiger partial charge >= 0.3 is 12.6 Å². The molecule has 2 rings (SSSR count). The predicted octanol–water partition coefficient (Wildman–Crippen LogP) is 4.53. The van der Waals surface area contributed by atoms with Crippen LogP contribution < -0.4 is 14.8 Å². The number of anilines is 1. The van der Waals surface area contributed by atoms with Gasteiger partial charge in [0, 0.05) is 11.1 Å². The number of ether oxygens (including phenoxy) is 3. The molecule has 6 nitrogen and oxygen atoms in total. The third-order valence-electron chi connectivity index (χ3n) is 3.60. The molecular formula is C20H18ClF2NO5. The number of hydrogen-bond donors (Lipinski definition) is 1. The Bertz CT molecular complexity index is 887. The summed E-state index contributed by atoms with van der Waals surface area (Å²) in [5, 5.41) is 2.98. The van der Waals surface area contributed by atoms with E-state index in [0.717, 1.165) is 6.08 Å². The summed E-state index contributed by atoms with van der Waals surface area (Å²) in [6.45, 7) is -1.50. The summed E-state index contributed by atoms with van der Waals surface area (Å²) >= 11 is 5.91. The third-order valence-corrected chi connectivity index (χ3v) is 3.83. The number of carbonyl (C=O) groups is 2. The number of halogens is 3. The van der Waals surface area contributed by atoms with E-state index in [9.17, 15) is 18.4 Å². The van der Waals surface area contributed by atoms with Gasteiger partial charge in [-0.3, -0.25) is 4.79 Å². The molecule has 2 aromatic rings. The molecule has 0 radical (unpaired) electrons. The van der Waals surface area contributed by atoms with E-state index in [1.54, 1.807) is 12.1 Å². The van der Waals surface area contributed by atoms with Gasteiger partial charge in [0.15, 0.2) is 6.10 Å². The summed E-state index contributed by atoms with van der Waals surface area (Å²) in [6, 6.07) is 10.4. The van der Waals surface area contributed by atoms with Gasteiger partial charge in [0.25, 0.3) is 5.91 Å².